The molecule has 4 rings (SSSR count). The molecule has 1 heterocycles. The second-order valence-corrected chi connectivity index (χ2v) is 8.53. The Morgan fingerprint density at radius 1 is 0.875 bits per heavy atom. The van der Waals surface area contributed by atoms with Crippen LogP contribution in [-0.2, 0) is 4.79 Å². The third-order valence-electron chi connectivity index (χ3n) is 4.82. The summed E-state index contributed by atoms with van der Waals surface area (Å²) in [6.07, 6.45) is 0. The van der Waals surface area contributed by atoms with Crippen LogP contribution in [0.5, 0.6) is 0 Å². The van der Waals surface area contributed by atoms with Crippen LogP contribution < -0.4 is 5.32 Å². The first-order chi connectivity index (χ1) is 15.5. The third kappa shape index (κ3) is 4.78. The van der Waals surface area contributed by atoms with Crippen LogP contribution in [0.1, 0.15) is 24.2 Å². The van der Waals surface area contributed by atoms with Gasteiger partial charge in [0.15, 0.2) is 16.8 Å². The Bertz CT molecular complexity index is 1220. The molecule has 3 aromatic carbocycles. The molecule has 1 aromatic heterocycles. The number of aromatic nitrogens is 3. The van der Waals surface area contributed by atoms with E-state index < -0.39 is 0 Å². The number of hydrogen-bond donors (Lipinski definition) is 1. The smallest absolute Gasteiger partial charge is 0.221 e. The van der Waals surface area contributed by atoms with Crippen molar-refractivity contribution in [2.24, 2.45) is 0 Å². The average molecular weight is 443 g/mol. The number of carbonyl (C=O) groups excluding carboxylic acids is 2. The number of rotatable bonds is 7. The van der Waals surface area contributed by atoms with E-state index >= 15 is 0 Å². The standard InChI is InChI=1S/C25H22N4O2S/c1-17(23(31)19-13-15-21(16-14-19)26-18(2)30)32-25-28-27-24(20-9-5-3-6-10-20)29(25)22-11-7-4-8-12-22/h3-17H,1-2H3,(H,26,30). The van der Waals surface area contributed by atoms with Gasteiger partial charge in [0.05, 0.1) is 5.25 Å². The summed E-state index contributed by atoms with van der Waals surface area (Å²) in [5.74, 6) is 0.550. The second-order valence-electron chi connectivity index (χ2n) is 7.23. The lowest BCUT2D eigenvalue weighted by atomic mass is 10.1. The summed E-state index contributed by atoms with van der Waals surface area (Å²) in [4.78, 5) is 24.2. The number of benzene rings is 3. The molecule has 1 N–H and O–H groups in total. The fraction of sp³-hybridized carbons (Fsp3) is 0.120. The van der Waals surface area contributed by atoms with Gasteiger partial charge in [0.1, 0.15) is 0 Å². The summed E-state index contributed by atoms with van der Waals surface area (Å²) in [7, 11) is 0. The fourth-order valence-electron chi connectivity index (χ4n) is 3.30. The van der Waals surface area contributed by atoms with Crippen molar-refractivity contribution in [2.75, 3.05) is 5.32 Å². The lowest BCUT2D eigenvalue weighted by Gasteiger charge is -2.13. The highest BCUT2D eigenvalue weighted by molar-refractivity contribution is 8.00. The Labute approximate surface area is 190 Å². The summed E-state index contributed by atoms with van der Waals surface area (Å²) in [6.45, 7) is 3.31. The zero-order chi connectivity index (χ0) is 22.5. The van der Waals surface area contributed by atoms with Crippen molar-refractivity contribution >= 4 is 29.1 Å². The first-order valence-corrected chi connectivity index (χ1v) is 11.1. The van der Waals surface area contributed by atoms with Gasteiger partial charge in [-0.1, -0.05) is 60.3 Å². The van der Waals surface area contributed by atoms with E-state index in [1.165, 1.54) is 18.7 Å². The largest absolute Gasteiger partial charge is 0.326 e. The molecule has 0 aliphatic carbocycles. The van der Waals surface area contributed by atoms with Gasteiger partial charge in [0.2, 0.25) is 5.91 Å². The highest BCUT2D eigenvalue weighted by Crippen LogP contribution is 2.31. The number of para-hydroxylation sites is 1. The van der Waals surface area contributed by atoms with Gasteiger partial charge in [-0.25, -0.2) is 0 Å². The lowest BCUT2D eigenvalue weighted by molar-refractivity contribution is -0.114. The number of amides is 1. The zero-order valence-corrected chi connectivity index (χ0v) is 18.5. The van der Waals surface area contributed by atoms with E-state index in [1.807, 2.05) is 72.2 Å². The van der Waals surface area contributed by atoms with Crippen molar-refractivity contribution in [3.05, 3.63) is 90.5 Å². The molecule has 6 nitrogen and oxygen atoms in total. The molecule has 7 heteroatoms. The van der Waals surface area contributed by atoms with Crippen LogP contribution in [0.3, 0.4) is 0 Å². The number of Topliss-reactive ketones (excluding diaryl/α,β-unsaturated/α-hetero) is 1. The molecule has 0 radical (unpaired) electrons. The summed E-state index contributed by atoms with van der Waals surface area (Å²) in [6, 6.07) is 26.6. The lowest BCUT2D eigenvalue weighted by Crippen LogP contribution is -2.15. The molecule has 0 spiro atoms. The highest BCUT2D eigenvalue weighted by atomic mass is 32.2. The van der Waals surface area contributed by atoms with Crippen molar-refractivity contribution in [1.82, 2.24) is 14.8 Å². The van der Waals surface area contributed by atoms with Gasteiger partial charge in [-0.2, -0.15) is 0 Å². The predicted molar refractivity (Wildman–Crippen MR) is 127 cm³/mol. The molecule has 1 atom stereocenters. The molecule has 4 aromatic rings. The number of carbonyl (C=O) groups is 2. The monoisotopic (exact) mass is 442 g/mol. The van der Waals surface area contributed by atoms with Gasteiger partial charge >= 0.3 is 0 Å². The molecule has 1 amide bonds. The number of ketones is 1. The molecule has 0 saturated carbocycles. The van der Waals surface area contributed by atoms with E-state index in [-0.39, 0.29) is 16.9 Å². The van der Waals surface area contributed by atoms with E-state index in [0.717, 1.165) is 17.1 Å². The predicted octanol–water partition coefficient (Wildman–Crippen LogP) is 5.26. The Morgan fingerprint density at radius 2 is 1.50 bits per heavy atom. The van der Waals surface area contributed by atoms with Gasteiger partial charge in [-0.05, 0) is 43.3 Å². The SMILES string of the molecule is CC(=O)Nc1ccc(C(=O)C(C)Sc2nnc(-c3ccccc3)n2-c2ccccc2)cc1. The van der Waals surface area contributed by atoms with E-state index in [1.54, 1.807) is 24.3 Å². The first-order valence-electron chi connectivity index (χ1n) is 10.2. The van der Waals surface area contributed by atoms with E-state index in [0.29, 0.717) is 16.4 Å². The minimum Gasteiger partial charge on any atom is -0.326 e. The second kappa shape index (κ2) is 9.62. The van der Waals surface area contributed by atoms with Gasteiger partial charge in [-0.15, -0.1) is 10.2 Å². The third-order valence-corrected chi connectivity index (χ3v) is 5.86. The minimum atomic E-state index is -0.378. The molecular weight excluding hydrogens is 420 g/mol. The van der Waals surface area contributed by atoms with Crippen LogP contribution in [0.2, 0.25) is 0 Å². The van der Waals surface area contributed by atoms with Gasteiger partial charge < -0.3 is 5.32 Å². The maximum atomic E-state index is 13.0. The molecule has 0 aliphatic heterocycles. The van der Waals surface area contributed by atoms with Crippen molar-refractivity contribution in [3.63, 3.8) is 0 Å². The molecule has 32 heavy (non-hydrogen) atoms. The number of nitrogens with one attached hydrogen (secondary N) is 1. The Hall–Kier alpha value is -3.71. The average Bonchev–Trinajstić information content (AvgIpc) is 3.23. The van der Waals surface area contributed by atoms with Gasteiger partial charge in [0.25, 0.3) is 0 Å². The van der Waals surface area contributed by atoms with Crippen molar-refractivity contribution in [2.45, 2.75) is 24.3 Å². The van der Waals surface area contributed by atoms with Crippen LogP contribution in [0.15, 0.2) is 90.1 Å². The molecule has 0 aliphatic rings. The summed E-state index contributed by atoms with van der Waals surface area (Å²) >= 11 is 1.37. The normalized spacial score (nSPS) is 11.7. The number of hydrogen-bond acceptors (Lipinski definition) is 5. The van der Waals surface area contributed by atoms with Crippen LogP contribution >= 0.6 is 11.8 Å². The maximum absolute atomic E-state index is 13.0. The summed E-state index contributed by atoms with van der Waals surface area (Å²) in [5, 5.41) is 11.8. The van der Waals surface area contributed by atoms with E-state index in [4.69, 9.17) is 0 Å². The molecule has 0 bridgehead atoms. The zero-order valence-electron chi connectivity index (χ0n) is 17.7. The van der Waals surface area contributed by atoms with Gasteiger partial charge in [0, 0.05) is 29.4 Å². The first kappa shape index (κ1) is 21.5. The summed E-state index contributed by atoms with van der Waals surface area (Å²) < 4.78 is 1.98. The van der Waals surface area contributed by atoms with Crippen LogP contribution in [-0.4, -0.2) is 31.7 Å². The minimum absolute atomic E-state index is 0.0201. The number of thioether (sulfide) groups is 1. The molecule has 0 fully saturated rings. The summed E-state index contributed by atoms with van der Waals surface area (Å²) in [5.41, 5.74) is 3.11. The molecular formula is C25H22N4O2S. The van der Waals surface area contributed by atoms with Crippen molar-refractivity contribution in [1.29, 1.82) is 0 Å². The molecule has 0 saturated heterocycles. The van der Waals surface area contributed by atoms with Crippen LogP contribution in [0.4, 0.5) is 5.69 Å². The fourth-order valence-corrected chi connectivity index (χ4v) is 4.24. The van der Waals surface area contributed by atoms with Crippen LogP contribution in [0.25, 0.3) is 17.1 Å². The van der Waals surface area contributed by atoms with Crippen LogP contribution in [0, 0.1) is 0 Å². The Kier molecular flexibility index (Phi) is 6.47. The number of nitrogens with zero attached hydrogens (tertiary/aromatic N) is 3. The van der Waals surface area contributed by atoms with Crippen molar-refractivity contribution in [3.8, 4) is 17.1 Å². The van der Waals surface area contributed by atoms with Gasteiger partial charge in [-0.3, -0.25) is 14.2 Å². The molecule has 1 unspecified atom stereocenters. The Balaban J connectivity index is 1.62. The van der Waals surface area contributed by atoms with E-state index in [9.17, 15) is 9.59 Å². The topological polar surface area (TPSA) is 76.9 Å². The quantitative estimate of drug-likeness (QED) is 0.312. The Morgan fingerprint density at radius 3 is 2.12 bits per heavy atom. The maximum Gasteiger partial charge on any atom is 0.221 e. The number of anilines is 1. The molecule has 160 valence electrons. The highest BCUT2D eigenvalue weighted by Gasteiger charge is 2.22. The van der Waals surface area contributed by atoms with E-state index in [2.05, 4.69) is 15.5 Å². The van der Waals surface area contributed by atoms with Crippen molar-refractivity contribution < 1.29 is 9.59 Å².